The third-order valence-corrected chi connectivity index (χ3v) is 9.89. The minimum atomic E-state index is 0.469. The van der Waals surface area contributed by atoms with Crippen molar-refractivity contribution in [2.45, 2.75) is 43.9 Å². The zero-order valence-corrected chi connectivity index (χ0v) is 16.8. The van der Waals surface area contributed by atoms with Gasteiger partial charge in [-0.1, -0.05) is 36.4 Å². The highest BCUT2D eigenvalue weighted by molar-refractivity contribution is 7.21. The van der Waals surface area contributed by atoms with Crippen molar-refractivity contribution in [1.82, 2.24) is 4.40 Å². The van der Waals surface area contributed by atoms with Gasteiger partial charge in [0.15, 0.2) is 0 Å². The molecule has 0 spiro atoms. The monoisotopic (exact) mass is 381 g/mol. The van der Waals surface area contributed by atoms with Crippen LogP contribution in [-0.4, -0.2) is 4.40 Å². The van der Waals surface area contributed by atoms with Gasteiger partial charge in [-0.05, 0) is 68.4 Å². The maximum Gasteiger partial charge on any atom is 0.0731 e. The van der Waals surface area contributed by atoms with Gasteiger partial charge in [-0.15, -0.1) is 11.3 Å². The molecule has 3 aromatic heterocycles. The van der Waals surface area contributed by atoms with Gasteiger partial charge >= 0.3 is 0 Å². The molecule has 0 amide bonds. The Morgan fingerprint density at radius 2 is 1.32 bits per heavy atom. The van der Waals surface area contributed by atoms with Crippen molar-refractivity contribution in [3.8, 4) is 0 Å². The van der Waals surface area contributed by atoms with Crippen LogP contribution in [0, 0.1) is 17.8 Å². The fraction of sp³-hybridized carbons (Fsp3) is 0.385. The van der Waals surface area contributed by atoms with Gasteiger partial charge in [-0.25, -0.2) is 0 Å². The Morgan fingerprint density at radius 3 is 2.00 bits per heavy atom. The summed E-state index contributed by atoms with van der Waals surface area (Å²) < 4.78 is 4.10. The number of benzene rings is 2. The summed E-state index contributed by atoms with van der Waals surface area (Å²) in [6.45, 7) is 0. The van der Waals surface area contributed by atoms with Crippen LogP contribution in [0.3, 0.4) is 0 Å². The van der Waals surface area contributed by atoms with Crippen molar-refractivity contribution < 1.29 is 0 Å². The number of hydrogen-bond acceptors (Lipinski definition) is 1. The lowest BCUT2D eigenvalue weighted by molar-refractivity contribution is -0.00282. The highest BCUT2D eigenvalue weighted by Crippen LogP contribution is 2.64. The Hall–Kier alpha value is -2.06. The second-order valence-corrected chi connectivity index (χ2v) is 11.1. The molecule has 4 fully saturated rings. The van der Waals surface area contributed by atoms with E-state index in [2.05, 4.69) is 64.3 Å². The summed E-state index contributed by atoms with van der Waals surface area (Å²) in [7, 11) is 0. The van der Waals surface area contributed by atoms with Gasteiger partial charge in [0.2, 0.25) is 0 Å². The standard InChI is InChI=1S/C26H23NS/c1-3-7-20-18(5-1)22-23-24(19-6-2-4-8-21(19)27(20)23)28-25(22)26-12-15-9-16(13-26)11-17(10-15)14-26/h1-8,15-17H,9-14H2. The molecule has 9 rings (SSSR count). The molecule has 5 aromatic rings. The minimum Gasteiger partial charge on any atom is -0.307 e. The summed E-state index contributed by atoms with van der Waals surface area (Å²) in [5.41, 5.74) is 4.76. The number of para-hydroxylation sites is 2. The lowest BCUT2D eigenvalue weighted by Crippen LogP contribution is -2.48. The van der Waals surface area contributed by atoms with E-state index in [1.165, 1.54) is 70.5 Å². The van der Waals surface area contributed by atoms with Crippen molar-refractivity contribution in [1.29, 1.82) is 0 Å². The highest BCUT2D eigenvalue weighted by atomic mass is 32.1. The molecule has 3 heterocycles. The summed E-state index contributed by atoms with van der Waals surface area (Å²) >= 11 is 2.16. The molecule has 4 aliphatic carbocycles. The van der Waals surface area contributed by atoms with E-state index in [1.54, 1.807) is 10.3 Å². The lowest BCUT2D eigenvalue weighted by atomic mass is 9.49. The Kier molecular flexibility index (Phi) is 2.51. The summed E-state index contributed by atoms with van der Waals surface area (Å²) in [5.74, 6) is 2.99. The third kappa shape index (κ3) is 1.59. The van der Waals surface area contributed by atoms with Crippen LogP contribution in [0.25, 0.3) is 37.4 Å². The van der Waals surface area contributed by atoms with Crippen LogP contribution in [0.15, 0.2) is 48.5 Å². The first kappa shape index (κ1) is 14.9. The van der Waals surface area contributed by atoms with Gasteiger partial charge in [0.1, 0.15) is 0 Å². The molecule has 2 heteroatoms. The highest BCUT2D eigenvalue weighted by Gasteiger charge is 2.53. The molecule has 1 nitrogen and oxygen atoms in total. The normalized spacial score (nSPS) is 31.9. The molecule has 0 saturated heterocycles. The van der Waals surface area contributed by atoms with Crippen molar-refractivity contribution in [2.24, 2.45) is 17.8 Å². The van der Waals surface area contributed by atoms with Gasteiger partial charge < -0.3 is 4.40 Å². The fourth-order valence-electron chi connectivity index (χ4n) is 7.94. The zero-order chi connectivity index (χ0) is 18.0. The quantitative estimate of drug-likeness (QED) is 0.285. The van der Waals surface area contributed by atoms with Gasteiger partial charge in [-0.2, -0.15) is 0 Å². The van der Waals surface area contributed by atoms with E-state index in [1.807, 2.05) is 0 Å². The minimum absolute atomic E-state index is 0.469. The maximum atomic E-state index is 2.57. The molecular formula is C26H23NS. The topological polar surface area (TPSA) is 4.41 Å². The number of nitrogens with zero attached hydrogens (tertiary/aromatic N) is 1. The molecule has 4 aliphatic rings. The Bertz CT molecular complexity index is 1360. The first-order valence-electron chi connectivity index (χ1n) is 11.0. The Labute approximate surface area is 168 Å². The maximum absolute atomic E-state index is 2.57. The molecular weight excluding hydrogens is 358 g/mol. The number of fused-ring (bicyclic) bond motifs is 6. The first-order chi connectivity index (χ1) is 13.8. The number of rotatable bonds is 1. The van der Waals surface area contributed by atoms with Crippen LogP contribution in [0.1, 0.15) is 43.4 Å². The average Bonchev–Trinajstić information content (AvgIpc) is 3.33. The second-order valence-electron chi connectivity index (χ2n) is 10.1. The van der Waals surface area contributed by atoms with Crippen LogP contribution in [0.5, 0.6) is 0 Å². The van der Waals surface area contributed by atoms with Gasteiger partial charge in [0.05, 0.1) is 21.3 Å². The van der Waals surface area contributed by atoms with E-state index in [0.29, 0.717) is 5.41 Å². The van der Waals surface area contributed by atoms with E-state index in [4.69, 9.17) is 0 Å². The SMILES string of the molecule is c1ccc2c(c1)c1sc(C34CC5CC(CC(C5)C3)C4)c3c4ccccc4n2c13. The molecule has 0 atom stereocenters. The fourth-order valence-corrected chi connectivity index (χ4v) is 9.49. The molecule has 28 heavy (non-hydrogen) atoms. The molecule has 0 radical (unpaired) electrons. The molecule has 4 saturated carbocycles. The molecule has 2 aromatic carbocycles. The number of aromatic nitrogens is 1. The van der Waals surface area contributed by atoms with Crippen molar-refractivity contribution in [2.75, 3.05) is 0 Å². The van der Waals surface area contributed by atoms with Gasteiger partial charge in [0, 0.05) is 26.5 Å². The largest absolute Gasteiger partial charge is 0.307 e. The Balaban J connectivity index is 1.55. The van der Waals surface area contributed by atoms with E-state index in [9.17, 15) is 0 Å². The zero-order valence-electron chi connectivity index (χ0n) is 15.9. The van der Waals surface area contributed by atoms with Crippen LogP contribution < -0.4 is 0 Å². The summed E-state index contributed by atoms with van der Waals surface area (Å²) in [4.78, 5) is 1.75. The molecule has 0 N–H and O–H groups in total. The van der Waals surface area contributed by atoms with E-state index < -0.39 is 0 Å². The Morgan fingerprint density at radius 1 is 0.750 bits per heavy atom. The van der Waals surface area contributed by atoms with Crippen molar-refractivity contribution in [3.05, 3.63) is 53.4 Å². The second kappa shape index (κ2) is 4.74. The van der Waals surface area contributed by atoms with E-state index in [0.717, 1.165) is 17.8 Å². The lowest BCUT2D eigenvalue weighted by Gasteiger charge is -2.56. The predicted octanol–water partition coefficient (Wildman–Crippen LogP) is 7.37. The summed E-state index contributed by atoms with van der Waals surface area (Å²) in [6.07, 6.45) is 8.92. The molecule has 138 valence electrons. The van der Waals surface area contributed by atoms with Crippen LogP contribution in [-0.2, 0) is 5.41 Å². The van der Waals surface area contributed by atoms with E-state index in [-0.39, 0.29) is 0 Å². The number of hydrogen-bond donors (Lipinski definition) is 0. The van der Waals surface area contributed by atoms with Crippen molar-refractivity contribution >= 4 is 48.7 Å². The van der Waals surface area contributed by atoms with Crippen molar-refractivity contribution in [3.63, 3.8) is 0 Å². The van der Waals surface area contributed by atoms with Crippen LogP contribution in [0.2, 0.25) is 0 Å². The van der Waals surface area contributed by atoms with Crippen LogP contribution >= 0.6 is 11.3 Å². The average molecular weight is 382 g/mol. The van der Waals surface area contributed by atoms with E-state index >= 15 is 0 Å². The van der Waals surface area contributed by atoms with Crippen LogP contribution in [0.4, 0.5) is 0 Å². The first-order valence-corrected chi connectivity index (χ1v) is 11.8. The predicted molar refractivity (Wildman–Crippen MR) is 119 cm³/mol. The number of thiophene rings is 1. The van der Waals surface area contributed by atoms with Gasteiger partial charge in [-0.3, -0.25) is 0 Å². The summed E-state index contributed by atoms with van der Waals surface area (Å²) in [5, 5.41) is 4.54. The molecule has 4 bridgehead atoms. The smallest absolute Gasteiger partial charge is 0.0731 e. The molecule has 0 unspecified atom stereocenters. The van der Waals surface area contributed by atoms with Gasteiger partial charge in [0.25, 0.3) is 0 Å². The molecule has 0 aliphatic heterocycles. The third-order valence-electron chi connectivity index (χ3n) is 8.43. The summed E-state index contributed by atoms with van der Waals surface area (Å²) in [6, 6.07) is 18.2.